The van der Waals surface area contributed by atoms with Crippen molar-refractivity contribution in [3.05, 3.63) is 167 Å². The average molecular weight is 501 g/mol. The second kappa shape index (κ2) is 11.8. The molecule has 0 amide bonds. The van der Waals surface area contributed by atoms with Crippen LogP contribution in [0.3, 0.4) is 0 Å². The van der Waals surface area contributed by atoms with E-state index in [1.54, 1.807) is 19.1 Å². The molecule has 0 aliphatic heterocycles. The first-order valence-electron chi connectivity index (χ1n) is 13.2. The Labute approximate surface area is 227 Å². The first kappa shape index (κ1) is 26.8. The zero-order chi connectivity index (χ0) is 27.1. The lowest BCUT2D eigenvalue weighted by molar-refractivity contribution is 0.414. The van der Waals surface area contributed by atoms with Crippen LogP contribution in [0.4, 0.5) is 0 Å². The van der Waals surface area contributed by atoms with Gasteiger partial charge in [-0.2, -0.15) is 0 Å². The highest BCUT2D eigenvalue weighted by atomic mass is 16.3. The molecule has 0 heterocycles. The molecule has 0 unspecified atom stereocenters. The second-order valence-electron chi connectivity index (χ2n) is 9.67. The molecule has 3 aromatic rings. The molecule has 0 saturated heterocycles. The molecule has 38 heavy (non-hydrogen) atoms. The van der Waals surface area contributed by atoms with E-state index in [-0.39, 0.29) is 11.5 Å². The lowest BCUT2D eigenvalue weighted by Crippen LogP contribution is -2.29. The van der Waals surface area contributed by atoms with E-state index >= 15 is 0 Å². The minimum Gasteiger partial charge on any atom is -0.513 e. The maximum Gasteiger partial charge on any atom is 0.108 e. The van der Waals surface area contributed by atoms with Crippen molar-refractivity contribution >= 4 is 0 Å². The summed E-state index contributed by atoms with van der Waals surface area (Å²) in [6.07, 6.45) is 14.1. The van der Waals surface area contributed by atoms with Gasteiger partial charge < -0.3 is 10.2 Å². The first-order valence-corrected chi connectivity index (χ1v) is 13.2. The van der Waals surface area contributed by atoms with Crippen LogP contribution in [0.5, 0.6) is 0 Å². The predicted molar refractivity (Wildman–Crippen MR) is 160 cm³/mol. The topological polar surface area (TPSA) is 40.5 Å². The zero-order valence-corrected chi connectivity index (χ0v) is 22.3. The monoisotopic (exact) mass is 500 g/mol. The lowest BCUT2D eigenvalue weighted by Gasteiger charge is -2.35. The first-order chi connectivity index (χ1) is 18.4. The fourth-order valence-corrected chi connectivity index (χ4v) is 5.45. The van der Waals surface area contributed by atoms with Gasteiger partial charge in [-0.1, -0.05) is 117 Å². The summed E-state index contributed by atoms with van der Waals surface area (Å²) < 4.78 is 0. The molecule has 2 N–H and O–H groups in total. The average Bonchev–Trinajstić information content (AvgIpc) is 3.22. The van der Waals surface area contributed by atoms with Crippen molar-refractivity contribution in [2.75, 3.05) is 0 Å². The van der Waals surface area contributed by atoms with E-state index in [2.05, 4.69) is 99.0 Å². The molecular weight excluding hydrogens is 464 g/mol. The normalized spacial score (nSPS) is 14.8. The highest BCUT2D eigenvalue weighted by Crippen LogP contribution is 2.57. The van der Waals surface area contributed by atoms with Gasteiger partial charge >= 0.3 is 0 Å². The molecule has 0 spiro atoms. The van der Waals surface area contributed by atoms with Gasteiger partial charge in [-0.15, -0.1) is 0 Å². The van der Waals surface area contributed by atoms with E-state index in [0.29, 0.717) is 0 Å². The van der Waals surface area contributed by atoms with Crippen LogP contribution in [-0.4, -0.2) is 10.2 Å². The molecule has 0 bridgehead atoms. The maximum absolute atomic E-state index is 10.1. The third kappa shape index (κ3) is 5.21. The SMILES string of the molecule is C=C/C(=C\C=C(/C)O)C1(C(/C=C\C(=C)O)=C/CCc2ccc(CC)cc2)c2ccccc2-c2ccccc21. The number of aryl methyl sites for hydroxylation is 2. The zero-order valence-electron chi connectivity index (χ0n) is 22.3. The number of rotatable bonds is 10. The van der Waals surface area contributed by atoms with Crippen molar-refractivity contribution < 1.29 is 10.2 Å². The smallest absolute Gasteiger partial charge is 0.108 e. The molecule has 4 rings (SSSR count). The van der Waals surface area contributed by atoms with Gasteiger partial charge in [0.25, 0.3) is 0 Å². The van der Waals surface area contributed by atoms with Gasteiger partial charge in [0.1, 0.15) is 5.76 Å². The Balaban J connectivity index is 1.96. The van der Waals surface area contributed by atoms with Crippen LogP contribution in [0.25, 0.3) is 11.1 Å². The van der Waals surface area contributed by atoms with E-state index < -0.39 is 5.41 Å². The number of aliphatic hydroxyl groups is 2. The molecule has 192 valence electrons. The summed E-state index contributed by atoms with van der Waals surface area (Å²) in [4.78, 5) is 0. The summed E-state index contributed by atoms with van der Waals surface area (Å²) in [5.41, 5.74) is 8.51. The van der Waals surface area contributed by atoms with E-state index in [4.69, 9.17) is 0 Å². The lowest BCUT2D eigenvalue weighted by atomic mass is 9.66. The fraction of sp³-hybridized carbons (Fsp3) is 0.167. The van der Waals surface area contributed by atoms with Crippen LogP contribution < -0.4 is 0 Å². The minimum absolute atomic E-state index is 0.00370. The summed E-state index contributed by atoms with van der Waals surface area (Å²) in [6.45, 7) is 11.7. The molecule has 0 radical (unpaired) electrons. The van der Waals surface area contributed by atoms with Crippen LogP contribution in [0.2, 0.25) is 0 Å². The molecule has 1 aliphatic carbocycles. The number of benzene rings is 3. The predicted octanol–water partition coefficient (Wildman–Crippen LogP) is 9.28. The molecule has 0 atom stereocenters. The van der Waals surface area contributed by atoms with Gasteiger partial charge in [-0.25, -0.2) is 0 Å². The Morgan fingerprint density at radius 1 is 0.789 bits per heavy atom. The standard InChI is InChI=1S/C36H36O2/c1-5-28-20-22-29(23-21-28)12-11-13-31(25-19-27(4)38)36(30(6-2)24-18-26(3)37)34-16-9-7-14-32(34)33-15-8-10-17-35(33)36/h6-10,13-25,37-38H,2,4-5,11-12H2,1,3H3/b25-19-,26-18+,30-24+,31-13+. The Morgan fingerprint density at radius 2 is 1.37 bits per heavy atom. The van der Waals surface area contributed by atoms with Crippen LogP contribution in [0, 0.1) is 0 Å². The maximum atomic E-state index is 10.1. The molecule has 0 fully saturated rings. The van der Waals surface area contributed by atoms with Crippen molar-refractivity contribution in [2.45, 2.75) is 38.5 Å². The fourth-order valence-electron chi connectivity index (χ4n) is 5.45. The Morgan fingerprint density at radius 3 is 1.89 bits per heavy atom. The number of allylic oxidation sites excluding steroid dienone is 9. The summed E-state index contributed by atoms with van der Waals surface area (Å²) in [5, 5.41) is 20.1. The summed E-state index contributed by atoms with van der Waals surface area (Å²) >= 11 is 0. The highest BCUT2D eigenvalue weighted by molar-refractivity contribution is 5.87. The van der Waals surface area contributed by atoms with Gasteiger partial charge in [-0.05, 0) is 82.9 Å². The number of hydrogen-bond acceptors (Lipinski definition) is 2. The Hall–Kier alpha value is -4.30. The van der Waals surface area contributed by atoms with E-state index in [1.807, 2.05) is 18.2 Å². The molecule has 1 aliphatic rings. The highest BCUT2D eigenvalue weighted by Gasteiger charge is 2.46. The molecule has 0 aromatic heterocycles. The summed E-state index contributed by atoms with van der Waals surface area (Å²) in [7, 11) is 0. The number of aliphatic hydroxyl groups excluding tert-OH is 2. The third-order valence-corrected chi connectivity index (χ3v) is 7.23. The van der Waals surface area contributed by atoms with E-state index in [9.17, 15) is 10.2 Å². The number of fused-ring (bicyclic) bond motifs is 3. The van der Waals surface area contributed by atoms with Gasteiger partial charge in [0, 0.05) is 0 Å². The minimum atomic E-state index is -0.682. The van der Waals surface area contributed by atoms with E-state index in [0.717, 1.165) is 52.7 Å². The van der Waals surface area contributed by atoms with E-state index in [1.165, 1.54) is 11.1 Å². The van der Waals surface area contributed by atoms with Crippen molar-refractivity contribution in [1.82, 2.24) is 0 Å². The molecule has 2 heteroatoms. The second-order valence-corrected chi connectivity index (χ2v) is 9.67. The van der Waals surface area contributed by atoms with Crippen molar-refractivity contribution in [1.29, 1.82) is 0 Å². The molecule has 0 saturated carbocycles. The molecular formula is C36H36O2. The van der Waals surface area contributed by atoms with Crippen LogP contribution >= 0.6 is 0 Å². The van der Waals surface area contributed by atoms with Crippen LogP contribution in [0.1, 0.15) is 42.5 Å². The Bertz CT molecular complexity index is 1400. The summed E-state index contributed by atoms with van der Waals surface area (Å²) in [5.74, 6) is 0.218. The van der Waals surface area contributed by atoms with Crippen molar-refractivity contribution in [3.63, 3.8) is 0 Å². The van der Waals surface area contributed by atoms with Gasteiger partial charge in [0.15, 0.2) is 0 Å². The van der Waals surface area contributed by atoms with Gasteiger partial charge in [0.2, 0.25) is 0 Å². The van der Waals surface area contributed by atoms with Crippen LogP contribution in [0.15, 0.2) is 145 Å². The van der Waals surface area contributed by atoms with Crippen molar-refractivity contribution in [3.8, 4) is 11.1 Å². The quantitative estimate of drug-likeness (QED) is 0.215. The molecule has 2 nitrogen and oxygen atoms in total. The number of hydrogen-bond donors (Lipinski definition) is 2. The largest absolute Gasteiger partial charge is 0.513 e. The van der Waals surface area contributed by atoms with Gasteiger partial charge in [-0.3, -0.25) is 0 Å². The molecule has 3 aromatic carbocycles. The van der Waals surface area contributed by atoms with Crippen LogP contribution in [-0.2, 0) is 18.3 Å². The van der Waals surface area contributed by atoms with Crippen molar-refractivity contribution in [2.24, 2.45) is 0 Å². The van der Waals surface area contributed by atoms with Gasteiger partial charge in [0.05, 0.1) is 11.2 Å². The third-order valence-electron chi connectivity index (χ3n) is 7.23. The summed E-state index contributed by atoms with van der Waals surface area (Å²) in [6, 6.07) is 25.7. The Kier molecular flexibility index (Phi) is 8.33.